The van der Waals surface area contributed by atoms with E-state index in [4.69, 9.17) is 44.3 Å². The molecule has 2 aromatic rings. The Labute approximate surface area is 142 Å². The molecule has 1 aromatic carbocycles. The number of aromatic nitrogens is 2. The second-order valence-electron chi connectivity index (χ2n) is 4.77. The van der Waals surface area contributed by atoms with Gasteiger partial charge in [0, 0.05) is 18.1 Å². The zero-order chi connectivity index (χ0) is 15.9. The maximum absolute atomic E-state index is 6.36. The lowest BCUT2D eigenvalue weighted by Crippen LogP contribution is -2.34. The van der Waals surface area contributed by atoms with Crippen LogP contribution in [0.5, 0.6) is 11.5 Å². The zero-order valence-electron chi connectivity index (χ0n) is 11.8. The number of rotatable bonds is 2. The van der Waals surface area contributed by atoms with Crippen LogP contribution in [0, 0.1) is 0 Å². The SMILES string of the molecule is COc1cc(Cl)c(C2COc3cnc(Cl)nc3N2C)cc1Cl. The minimum absolute atomic E-state index is 0.144. The van der Waals surface area contributed by atoms with Crippen LogP contribution in [0.15, 0.2) is 18.3 Å². The number of anilines is 1. The highest BCUT2D eigenvalue weighted by Crippen LogP contribution is 2.41. The summed E-state index contributed by atoms with van der Waals surface area (Å²) in [5, 5.41) is 1.20. The van der Waals surface area contributed by atoms with Crippen molar-refractivity contribution in [3.05, 3.63) is 39.2 Å². The monoisotopic (exact) mass is 359 g/mol. The Bertz CT molecular complexity index is 727. The summed E-state index contributed by atoms with van der Waals surface area (Å²) in [6, 6.07) is 3.32. The van der Waals surface area contributed by atoms with Crippen molar-refractivity contribution in [1.82, 2.24) is 9.97 Å². The average Bonchev–Trinajstić information content (AvgIpc) is 2.50. The number of ether oxygens (including phenoxy) is 2. The van der Waals surface area contributed by atoms with Crippen LogP contribution in [0.25, 0.3) is 0 Å². The van der Waals surface area contributed by atoms with Gasteiger partial charge in [0.1, 0.15) is 12.4 Å². The normalized spacial score (nSPS) is 17.0. The summed E-state index contributed by atoms with van der Waals surface area (Å²) in [4.78, 5) is 10.1. The highest BCUT2D eigenvalue weighted by Gasteiger charge is 2.30. The van der Waals surface area contributed by atoms with E-state index < -0.39 is 0 Å². The van der Waals surface area contributed by atoms with Gasteiger partial charge in [-0.2, -0.15) is 4.98 Å². The van der Waals surface area contributed by atoms with Crippen molar-refractivity contribution in [2.75, 3.05) is 25.7 Å². The summed E-state index contributed by atoms with van der Waals surface area (Å²) in [5.74, 6) is 1.72. The molecule has 1 unspecified atom stereocenters. The summed E-state index contributed by atoms with van der Waals surface area (Å²) in [6.45, 7) is 0.400. The van der Waals surface area contributed by atoms with E-state index in [-0.39, 0.29) is 11.3 Å². The van der Waals surface area contributed by atoms with E-state index in [0.29, 0.717) is 34.0 Å². The Kier molecular flexibility index (Phi) is 4.21. The Balaban J connectivity index is 2.02. The van der Waals surface area contributed by atoms with Gasteiger partial charge in [0.05, 0.1) is 24.4 Å². The van der Waals surface area contributed by atoms with Crippen LogP contribution >= 0.6 is 34.8 Å². The van der Waals surface area contributed by atoms with Gasteiger partial charge in [0.25, 0.3) is 0 Å². The third-order valence-electron chi connectivity index (χ3n) is 3.54. The zero-order valence-corrected chi connectivity index (χ0v) is 14.1. The number of likely N-dealkylation sites (N-methyl/N-ethyl adjacent to an activating group) is 1. The second kappa shape index (κ2) is 5.99. The van der Waals surface area contributed by atoms with Crippen molar-refractivity contribution in [2.24, 2.45) is 0 Å². The van der Waals surface area contributed by atoms with Crippen LogP contribution in [0.3, 0.4) is 0 Å². The van der Waals surface area contributed by atoms with Crippen LogP contribution in [-0.2, 0) is 0 Å². The van der Waals surface area contributed by atoms with Crippen molar-refractivity contribution < 1.29 is 9.47 Å². The second-order valence-corrected chi connectivity index (χ2v) is 5.93. The molecule has 0 spiro atoms. The molecular formula is C14H12Cl3N3O2. The first-order valence-corrected chi connectivity index (χ1v) is 7.55. The number of nitrogens with zero attached hydrogens (tertiary/aromatic N) is 3. The van der Waals surface area contributed by atoms with Gasteiger partial charge in [-0.1, -0.05) is 23.2 Å². The minimum Gasteiger partial charge on any atom is -0.495 e. The van der Waals surface area contributed by atoms with Gasteiger partial charge in [0.2, 0.25) is 5.28 Å². The minimum atomic E-state index is -0.144. The molecule has 0 fully saturated rings. The van der Waals surface area contributed by atoms with E-state index in [2.05, 4.69) is 9.97 Å². The van der Waals surface area contributed by atoms with Crippen LogP contribution in [-0.4, -0.2) is 30.7 Å². The molecule has 5 nitrogen and oxygen atoms in total. The van der Waals surface area contributed by atoms with E-state index in [1.54, 1.807) is 25.4 Å². The standard InChI is InChI=1S/C14H12Cl3N3O2/c1-20-10(6-22-12-5-18-14(17)19-13(12)20)7-3-9(16)11(21-2)4-8(7)15/h3-5,10H,6H2,1-2H3. The first-order chi connectivity index (χ1) is 10.5. The molecule has 116 valence electrons. The quantitative estimate of drug-likeness (QED) is 0.757. The Morgan fingerprint density at radius 2 is 2.05 bits per heavy atom. The van der Waals surface area contributed by atoms with Crippen LogP contribution < -0.4 is 14.4 Å². The topological polar surface area (TPSA) is 47.5 Å². The van der Waals surface area contributed by atoms with Crippen molar-refractivity contribution in [3.8, 4) is 11.5 Å². The first kappa shape index (κ1) is 15.5. The molecule has 22 heavy (non-hydrogen) atoms. The molecule has 0 aliphatic carbocycles. The molecule has 1 aliphatic rings. The lowest BCUT2D eigenvalue weighted by Gasteiger charge is -2.35. The molecule has 0 radical (unpaired) electrons. The molecule has 2 heterocycles. The van der Waals surface area contributed by atoms with Crippen molar-refractivity contribution >= 4 is 40.6 Å². The number of halogens is 3. The van der Waals surface area contributed by atoms with E-state index in [1.165, 1.54) is 0 Å². The molecule has 0 amide bonds. The van der Waals surface area contributed by atoms with Gasteiger partial charge in [-0.05, 0) is 23.2 Å². The van der Waals surface area contributed by atoms with Crippen molar-refractivity contribution in [2.45, 2.75) is 6.04 Å². The molecule has 8 heteroatoms. The number of benzene rings is 1. The third kappa shape index (κ3) is 2.64. The van der Waals surface area contributed by atoms with Gasteiger partial charge in [0.15, 0.2) is 11.6 Å². The Morgan fingerprint density at radius 3 is 2.77 bits per heavy atom. The third-order valence-corrected chi connectivity index (χ3v) is 4.34. The summed E-state index contributed by atoms with van der Waals surface area (Å²) in [6.07, 6.45) is 1.56. The molecule has 1 aliphatic heterocycles. The van der Waals surface area contributed by atoms with E-state index in [1.807, 2.05) is 11.9 Å². The lowest BCUT2D eigenvalue weighted by atomic mass is 10.0. The smallest absolute Gasteiger partial charge is 0.224 e. The molecule has 1 aromatic heterocycles. The summed E-state index contributed by atoms with van der Waals surface area (Å²) >= 11 is 18.4. The highest BCUT2D eigenvalue weighted by molar-refractivity contribution is 6.34. The van der Waals surface area contributed by atoms with Crippen LogP contribution in [0.2, 0.25) is 15.3 Å². The highest BCUT2D eigenvalue weighted by atomic mass is 35.5. The lowest BCUT2D eigenvalue weighted by molar-refractivity contribution is 0.265. The summed E-state index contributed by atoms with van der Waals surface area (Å²) in [7, 11) is 3.44. The summed E-state index contributed by atoms with van der Waals surface area (Å²) in [5.41, 5.74) is 0.829. The molecule has 3 rings (SSSR count). The fourth-order valence-electron chi connectivity index (χ4n) is 2.38. The number of hydrogen-bond acceptors (Lipinski definition) is 5. The molecule has 0 saturated heterocycles. The predicted octanol–water partition coefficient (Wildman–Crippen LogP) is 4.02. The fourth-order valence-corrected chi connectivity index (χ4v) is 3.04. The molecule has 0 saturated carbocycles. The molecule has 0 N–H and O–H groups in total. The number of methoxy groups -OCH3 is 1. The largest absolute Gasteiger partial charge is 0.495 e. The average molecular weight is 361 g/mol. The van der Waals surface area contributed by atoms with Crippen LogP contribution in [0.1, 0.15) is 11.6 Å². The van der Waals surface area contributed by atoms with Gasteiger partial charge in [-0.25, -0.2) is 4.98 Å². The Hall–Kier alpha value is -1.43. The molecular weight excluding hydrogens is 349 g/mol. The van der Waals surface area contributed by atoms with Crippen molar-refractivity contribution in [3.63, 3.8) is 0 Å². The van der Waals surface area contributed by atoms with Crippen molar-refractivity contribution in [1.29, 1.82) is 0 Å². The number of hydrogen-bond donors (Lipinski definition) is 0. The molecule has 0 bridgehead atoms. The van der Waals surface area contributed by atoms with Gasteiger partial charge in [-0.15, -0.1) is 0 Å². The van der Waals surface area contributed by atoms with Gasteiger partial charge >= 0.3 is 0 Å². The number of fused-ring (bicyclic) bond motifs is 1. The van der Waals surface area contributed by atoms with E-state index in [9.17, 15) is 0 Å². The maximum atomic E-state index is 6.36. The van der Waals surface area contributed by atoms with E-state index in [0.717, 1.165) is 5.56 Å². The Morgan fingerprint density at radius 1 is 1.27 bits per heavy atom. The van der Waals surface area contributed by atoms with Gasteiger partial charge in [-0.3, -0.25) is 0 Å². The van der Waals surface area contributed by atoms with Gasteiger partial charge < -0.3 is 14.4 Å². The maximum Gasteiger partial charge on any atom is 0.224 e. The summed E-state index contributed by atoms with van der Waals surface area (Å²) < 4.78 is 10.9. The van der Waals surface area contributed by atoms with E-state index >= 15 is 0 Å². The molecule has 1 atom stereocenters. The first-order valence-electron chi connectivity index (χ1n) is 6.42. The van der Waals surface area contributed by atoms with Crippen LogP contribution in [0.4, 0.5) is 5.82 Å². The fraction of sp³-hybridized carbons (Fsp3) is 0.286. The predicted molar refractivity (Wildman–Crippen MR) is 86.7 cm³/mol.